The molecule has 2 aromatic carbocycles. The quantitative estimate of drug-likeness (QED) is 0.157. The van der Waals surface area contributed by atoms with Crippen molar-refractivity contribution in [3.8, 4) is 23.0 Å². The highest BCUT2D eigenvalue weighted by molar-refractivity contribution is 9.18. The van der Waals surface area contributed by atoms with Gasteiger partial charge in [-0.1, -0.05) is 25.5 Å². The van der Waals surface area contributed by atoms with E-state index < -0.39 is 6.10 Å². The van der Waals surface area contributed by atoms with Gasteiger partial charge in [0.05, 0.1) is 27.4 Å². The molecule has 0 radical (unpaired) electrons. The summed E-state index contributed by atoms with van der Waals surface area (Å²) in [5, 5.41) is 0. The Balaban J connectivity index is 1.39. The van der Waals surface area contributed by atoms with E-state index in [0.717, 1.165) is 70.9 Å². The summed E-state index contributed by atoms with van der Waals surface area (Å²) in [6.07, 6.45) is 6.83. The van der Waals surface area contributed by atoms with E-state index in [1.54, 1.807) is 7.11 Å². The number of esters is 1. The summed E-state index contributed by atoms with van der Waals surface area (Å²) >= 11 is 3.04. The van der Waals surface area contributed by atoms with E-state index in [2.05, 4.69) is 22.9 Å². The van der Waals surface area contributed by atoms with Crippen LogP contribution >= 0.6 is 15.9 Å². The lowest BCUT2D eigenvalue weighted by atomic mass is 9.96. The van der Waals surface area contributed by atoms with Gasteiger partial charge in [0, 0.05) is 29.5 Å². The van der Waals surface area contributed by atoms with Gasteiger partial charge in [-0.15, -0.1) is 0 Å². The standard InChI is InChI=1S/C30H37BrO7/c1-4-6-22-24(12-9-20-10-14-26(30(33)35-3)38-29(20)22)36-15-5-16-37-25-13-11-21(18-27(31)32)28(34-2)23(25)17-19-7-8-19/h9,11-13,19,26H,4-8,10,14-18H2,1-3H3. The number of benzene rings is 2. The second kappa shape index (κ2) is 13.4. The topological polar surface area (TPSA) is 80.3 Å². The summed E-state index contributed by atoms with van der Waals surface area (Å²) in [7, 11) is 3.04. The van der Waals surface area contributed by atoms with Gasteiger partial charge in [0.1, 0.15) is 23.0 Å². The third-order valence-corrected chi connectivity index (χ3v) is 7.31. The zero-order valence-electron chi connectivity index (χ0n) is 22.5. The van der Waals surface area contributed by atoms with E-state index in [1.807, 2.05) is 24.3 Å². The number of ether oxygens (including phenoxy) is 5. The molecule has 1 unspecified atom stereocenters. The molecule has 0 amide bonds. The first-order chi connectivity index (χ1) is 18.4. The van der Waals surface area contributed by atoms with Gasteiger partial charge in [0.25, 0.3) is 0 Å². The van der Waals surface area contributed by atoms with Gasteiger partial charge in [0.2, 0.25) is 4.69 Å². The van der Waals surface area contributed by atoms with Crippen molar-refractivity contribution in [1.29, 1.82) is 0 Å². The van der Waals surface area contributed by atoms with Crippen LogP contribution in [-0.4, -0.2) is 44.2 Å². The molecule has 38 heavy (non-hydrogen) atoms. The zero-order valence-corrected chi connectivity index (χ0v) is 24.1. The second-order valence-corrected chi connectivity index (χ2v) is 10.8. The third kappa shape index (κ3) is 7.01. The maximum atomic E-state index is 12.1. The van der Waals surface area contributed by atoms with Crippen molar-refractivity contribution in [1.82, 2.24) is 0 Å². The lowest BCUT2D eigenvalue weighted by molar-refractivity contribution is -0.149. The van der Waals surface area contributed by atoms with E-state index >= 15 is 0 Å². The lowest BCUT2D eigenvalue weighted by Gasteiger charge is -2.27. The second-order valence-electron chi connectivity index (χ2n) is 9.91. The van der Waals surface area contributed by atoms with Crippen molar-refractivity contribution in [3.63, 3.8) is 0 Å². The predicted octanol–water partition coefficient (Wildman–Crippen LogP) is 5.78. The minimum absolute atomic E-state index is 0.0742. The van der Waals surface area contributed by atoms with Crippen LogP contribution in [0.15, 0.2) is 24.3 Å². The molecule has 0 saturated heterocycles. The maximum absolute atomic E-state index is 12.1. The van der Waals surface area contributed by atoms with Gasteiger partial charge < -0.3 is 23.7 Å². The molecular formula is C30H37BrO7. The number of hydrogen-bond donors (Lipinski definition) is 0. The highest BCUT2D eigenvalue weighted by Crippen LogP contribution is 2.41. The molecule has 1 saturated carbocycles. The van der Waals surface area contributed by atoms with Gasteiger partial charge >= 0.3 is 5.97 Å². The van der Waals surface area contributed by atoms with Gasteiger partial charge in [-0.3, -0.25) is 4.79 Å². The van der Waals surface area contributed by atoms with Crippen molar-refractivity contribution in [2.75, 3.05) is 27.4 Å². The summed E-state index contributed by atoms with van der Waals surface area (Å²) in [6, 6.07) is 7.90. The first-order valence-corrected chi connectivity index (χ1v) is 14.3. The number of rotatable bonds is 14. The molecule has 4 rings (SSSR count). The summed E-state index contributed by atoms with van der Waals surface area (Å²) < 4.78 is 29.0. The van der Waals surface area contributed by atoms with E-state index in [-0.39, 0.29) is 17.1 Å². The summed E-state index contributed by atoms with van der Waals surface area (Å²) in [4.78, 5) is 23.7. The molecule has 206 valence electrons. The van der Waals surface area contributed by atoms with Crippen LogP contribution in [0.5, 0.6) is 23.0 Å². The Morgan fingerprint density at radius 2 is 1.71 bits per heavy atom. The third-order valence-electron chi connectivity index (χ3n) is 7.03. The van der Waals surface area contributed by atoms with Crippen LogP contribution in [0.4, 0.5) is 0 Å². The van der Waals surface area contributed by atoms with Crippen LogP contribution in [0.1, 0.15) is 61.3 Å². The van der Waals surface area contributed by atoms with Crippen molar-refractivity contribution in [2.24, 2.45) is 5.92 Å². The largest absolute Gasteiger partial charge is 0.496 e. The molecule has 2 aromatic rings. The van der Waals surface area contributed by atoms with Gasteiger partial charge in [-0.05, 0) is 78.1 Å². The average molecular weight is 590 g/mol. The van der Waals surface area contributed by atoms with E-state index in [0.29, 0.717) is 32.0 Å². The van der Waals surface area contributed by atoms with E-state index in [4.69, 9.17) is 23.7 Å². The Labute approximate surface area is 233 Å². The highest BCUT2D eigenvalue weighted by atomic mass is 79.9. The van der Waals surface area contributed by atoms with Crippen molar-refractivity contribution in [3.05, 3.63) is 46.5 Å². The molecule has 0 N–H and O–H groups in total. The Morgan fingerprint density at radius 1 is 1.00 bits per heavy atom. The maximum Gasteiger partial charge on any atom is 0.347 e. The first-order valence-electron chi connectivity index (χ1n) is 13.5. The molecule has 8 heteroatoms. The van der Waals surface area contributed by atoms with Crippen LogP contribution in [0.25, 0.3) is 0 Å². The summed E-state index contributed by atoms with van der Waals surface area (Å²) in [6.45, 7) is 3.10. The summed E-state index contributed by atoms with van der Waals surface area (Å²) in [5.74, 6) is 3.42. The Bertz CT molecular complexity index is 1140. The van der Waals surface area contributed by atoms with Gasteiger partial charge in [-0.2, -0.15) is 0 Å². The molecule has 1 atom stereocenters. The Kier molecular flexibility index (Phi) is 9.94. The number of aryl methyl sites for hydroxylation is 1. The van der Waals surface area contributed by atoms with Crippen molar-refractivity contribution >= 4 is 26.6 Å². The predicted molar refractivity (Wildman–Crippen MR) is 148 cm³/mol. The highest BCUT2D eigenvalue weighted by Gasteiger charge is 2.30. The molecule has 0 aromatic heterocycles. The van der Waals surface area contributed by atoms with Crippen LogP contribution in [0.2, 0.25) is 0 Å². The SMILES string of the molecule is CCCc1c(OCCCOc2ccc(CC(=O)Br)c(OC)c2CC2CC2)ccc2c1OC(C(=O)OC)CC2. The molecule has 1 heterocycles. The number of hydrogen-bond acceptors (Lipinski definition) is 7. The number of carbonyl (C=O) groups excluding carboxylic acids is 2. The molecular weight excluding hydrogens is 552 g/mol. The normalized spacial score (nSPS) is 16.3. The minimum Gasteiger partial charge on any atom is -0.496 e. The van der Waals surface area contributed by atoms with E-state index in [1.165, 1.54) is 20.0 Å². The lowest BCUT2D eigenvalue weighted by Crippen LogP contribution is -2.32. The molecule has 7 nitrogen and oxygen atoms in total. The average Bonchev–Trinajstić information content (AvgIpc) is 3.73. The number of carbonyl (C=O) groups is 2. The smallest absolute Gasteiger partial charge is 0.347 e. The Hall–Kier alpha value is -2.74. The number of methoxy groups -OCH3 is 2. The number of halogens is 1. The van der Waals surface area contributed by atoms with Crippen LogP contribution < -0.4 is 18.9 Å². The fraction of sp³-hybridized carbons (Fsp3) is 0.533. The van der Waals surface area contributed by atoms with Gasteiger partial charge in [-0.25, -0.2) is 4.79 Å². The van der Waals surface area contributed by atoms with Crippen molar-refractivity contribution in [2.45, 2.75) is 70.8 Å². The van der Waals surface area contributed by atoms with Crippen LogP contribution in [0, 0.1) is 5.92 Å². The monoisotopic (exact) mass is 588 g/mol. The minimum atomic E-state index is -0.576. The molecule has 0 spiro atoms. The summed E-state index contributed by atoms with van der Waals surface area (Å²) in [5.41, 5.74) is 4.02. The van der Waals surface area contributed by atoms with Crippen molar-refractivity contribution < 1.29 is 33.3 Å². The number of fused-ring (bicyclic) bond motifs is 1. The molecule has 0 bridgehead atoms. The van der Waals surface area contributed by atoms with E-state index in [9.17, 15) is 9.59 Å². The van der Waals surface area contributed by atoms with Crippen LogP contribution in [-0.2, 0) is 40.0 Å². The fourth-order valence-corrected chi connectivity index (χ4v) is 5.27. The first kappa shape index (κ1) is 28.3. The molecule has 1 aliphatic heterocycles. The Morgan fingerprint density at radius 3 is 2.34 bits per heavy atom. The van der Waals surface area contributed by atoms with Gasteiger partial charge in [0.15, 0.2) is 6.10 Å². The molecule has 2 aliphatic rings. The zero-order chi connectivity index (χ0) is 27.1. The molecule has 1 aliphatic carbocycles. The van der Waals surface area contributed by atoms with Crippen LogP contribution in [0.3, 0.4) is 0 Å². The fourth-order valence-electron chi connectivity index (χ4n) is 4.97. The molecule has 1 fully saturated rings.